The predicted molar refractivity (Wildman–Crippen MR) is 118 cm³/mol. The number of amides is 2. The summed E-state index contributed by atoms with van der Waals surface area (Å²) in [7, 11) is 0. The second-order valence-electron chi connectivity index (χ2n) is 8.40. The van der Waals surface area contributed by atoms with Crippen LogP contribution in [0.1, 0.15) is 60.9 Å². The van der Waals surface area contributed by atoms with Crippen LogP contribution in [-0.4, -0.2) is 43.4 Å². The molecule has 3 rings (SSSR count). The molecule has 0 atom stereocenters. The van der Waals surface area contributed by atoms with Gasteiger partial charge < -0.3 is 16.2 Å². The van der Waals surface area contributed by atoms with Crippen molar-refractivity contribution in [1.29, 1.82) is 0 Å². The summed E-state index contributed by atoms with van der Waals surface area (Å²) in [5, 5.41) is 17.6. The van der Waals surface area contributed by atoms with Crippen LogP contribution in [0.4, 0.5) is 0 Å². The predicted octanol–water partition coefficient (Wildman–Crippen LogP) is 0.393. The molecule has 1 fully saturated rings. The zero-order chi connectivity index (χ0) is 23.3. The van der Waals surface area contributed by atoms with Gasteiger partial charge >= 0.3 is 5.69 Å². The maximum Gasteiger partial charge on any atom is 0.352 e. The van der Waals surface area contributed by atoms with Crippen LogP contribution in [0.5, 0.6) is 0 Å². The normalized spacial score (nSPS) is 16.1. The summed E-state index contributed by atoms with van der Waals surface area (Å²) in [6, 6.07) is 4.73. The molecule has 2 aromatic rings. The monoisotopic (exact) mass is 443 g/mol. The van der Waals surface area contributed by atoms with Gasteiger partial charge in [-0.1, -0.05) is 38.2 Å². The molecule has 2 amide bonds. The van der Waals surface area contributed by atoms with E-state index in [-0.39, 0.29) is 18.1 Å². The van der Waals surface area contributed by atoms with Crippen LogP contribution >= 0.6 is 0 Å². The molecule has 10 nitrogen and oxygen atoms in total. The molecule has 172 valence electrons. The molecule has 1 aromatic carbocycles. The lowest BCUT2D eigenvalue weighted by atomic mass is 9.87. The van der Waals surface area contributed by atoms with Gasteiger partial charge in [0.25, 0.3) is 11.5 Å². The Morgan fingerprint density at radius 3 is 2.47 bits per heavy atom. The smallest absolute Gasteiger partial charge is 0.352 e. The third kappa shape index (κ3) is 5.50. The van der Waals surface area contributed by atoms with E-state index < -0.39 is 29.3 Å². The first-order valence-corrected chi connectivity index (χ1v) is 10.8. The van der Waals surface area contributed by atoms with Crippen LogP contribution in [0.2, 0.25) is 0 Å². The fraction of sp³-hybridized carbons (Fsp3) is 0.500. The van der Waals surface area contributed by atoms with Crippen LogP contribution in [0.3, 0.4) is 0 Å². The molecule has 0 spiro atoms. The van der Waals surface area contributed by atoms with Crippen molar-refractivity contribution in [1.82, 2.24) is 19.7 Å². The number of carbonyl (C=O) groups is 2. The number of carbonyl (C=O) groups excluding carboxylic acids is 2. The quantitative estimate of drug-likeness (QED) is 0.588. The third-order valence-electron chi connectivity index (χ3n) is 5.85. The van der Waals surface area contributed by atoms with Crippen LogP contribution in [0.15, 0.2) is 34.0 Å². The van der Waals surface area contributed by atoms with E-state index in [2.05, 4.69) is 10.4 Å². The van der Waals surface area contributed by atoms with Gasteiger partial charge in [0.15, 0.2) is 0 Å². The summed E-state index contributed by atoms with van der Waals surface area (Å²) in [6.45, 7) is 1.34. The van der Waals surface area contributed by atoms with E-state index in [1.165, 1.54) is 12.5 Å². The molecule has 0 aliphatic heterocycles. The van der Waals surface area contributed by atoms with Crippen molar-refractivity contribution in [2.75, 3.05) is 6.54 Å². The maximum atomic E-state index is 12.9. The second kappa shape index (κ2) is 9.90. The summed E-state index contributed by atoms with van der Waals surface area (Å²) < 4.78 is 1.61. The van der Waals surface area contributed by atoms with E-state index in [9.17, 15) is 24.3 Å². The van der Waals surface area contributed by atoms with Gasteiger partial charge in [-0.2, -0.15) is 9.78 Å². The standard InChI is InChI=1S/C22H29N5O5/c1-15-7-8-16(27-21(31)26(13-18(23)28)19(29)12-25-27)11-17(15)20(30)24-14-22(32)9-5-3-2-4-6-10-22/h7-8,11-12,32H,2-6,9-10,13-14H2,1H3,(H2,23,28)(H,24,30). The van der Waals surface area contributed by atoms with Gasteiger partial charge in [0, 0.05) is 12.1 Å². The molecule has 0 radical (unpaired) electrons. The van der Waals surface area contributed by atoms with E-state index in [0.29, 0.717) is 28.5 Å². The summed E-state index contributed by atoms with van der Waals surface area (Å²) in [4.78, 5) is 48.6. The summed E-state index contributed by atoms with van der Waals surface area (Å²) in [5.74, 6) is -1.21. The number of benzene rings is 1. The van der Waals surface area contributed by atoms with Crippen molar-refractivity contribution in [3.63, 3.8) is 0 Å². The highest BCUT2D eigenvalue weighted by molar-refractivity contribution is 5.96. The number of hydrogen-bond acceptors (Lipinski definition) is 6. The molecular weight excluding hydrogens is 414 g/mol. The van der Waals surface area contributed by atoms with E-state index in [4.69, 9.17) is 5.73 Å². The van der Waals surface area contributed by atoms with Crippen molar-refractivity contribution in [2.24, 2.45) is 5.73 Å². The van der Waals surface area contributed by atoms with Gasteiger partial charge in [-0.3, -0.25) is 14.4 Å². The molecule has 0 bridgehead atoms. The van der Waals surface area contributed by atoms with Crippen LogP contribution < -0.4 is 22.3 Å². The van der Waals surface area contributed by atoms with Gasteiger partial charge in [0.1, 0.15) is 12.7 Å². The Kier molecular flexibility index (Phi) is 7.24. The first-order chi connectivity index (χ1) is 15.2. The van der Waals surface area contributed by atoms with Gasteiger partial charge in [-0.25, -0.2) is 9.36 Å². The minimum absolute atomic E-state index is 0.150. The fourth-order valence-electron chi connectivity index (χ4n) is 3.98. The molecule has 1 saturated carbocycles. The Balaban J connectivity index is 1.84. The van der Waals surface area contributed by atoms with Crippen LogP contribution in [-0.2, 0) is 11.3 Å². The first-order valence-electron chi connectivity index (χ1n) is 10.8. The zero-order valence-electron chi connectivity index (χ0n) is 18.2. The summed E-state index contributed by atoms with van der Waals surface area (Å²) in [5.41, 5.74) is 3.86. The molecule has 1 heterocycles. The largest absolute Gasteiger partial charge is 0.388 e. The lowest BCUT2D eigenvalue weighted by Gasteiger charge is -2.30. The molecule has 10 heteroatoms. The van der Waals surface area contributed by atoms with Crippen molar-refractivity contribution < 1.29 is 14.7 Å². The Labute approximate surface area is 185 Å². The summed E-state index contributed by atoms with van der Waals surface area (Å²) >= 11 is 0. The van der Waals surface area contributed by atoms with Crippen LogP contribution in [0.25, 0.3) is 5.69 Å². The van der Waals surface area contributed by atoms with E-state index in [1.807, 2.05) is 0 Å². The Morgan fingerprint density at radius 2 is 1.81 bits per heavy atom. The fourth-order valence-corrected chi connectivity index (χ4v) is 3.98. The van der Waals surface area contributed by atoms with E-state index in [0.717, 1.165) is 36.6 Å². The molecule has 0 unspecified atom stereocenters. The number of nitrogens with zero attached hydrogens (tertiary/aromatic N) is 3. The van der Waals surface area contributed by atoms with E-state index in [1.54, 1.807) is 19.1 Å². The topological polar surface area (TPSA) is 149 Å². The molecule has 1 aliphatic carbocycles. The summed E-state index contributed by atoms with van der Waals surface area (Å²) in [6.07, 6.45) is 7.39. The van der Waals surface area contributed by atoms with Gasteiger partial charge in [-0.05, 0) is 37.5 Å². The lowest BCUT2D eigenvalue weighted by Crippen LogP contribution is -2.44. The van der Waals surface area contributed by atoms with Gasteiger partial charge in [0.2, 0.25) is 5.91 Å². The van der Waals surface area contributed by atoms with Gasteiger partial charge in [-0.15, -0.1) is 0 Å². The maximum absolute atomic E-state index is 12.9. The number of rotatable bonds is 6. The number of nitrogens with one attached hydrogen (secondary N) is 1. The Hall–Kier alpha value is -3.27. The SMILES string of the molecule is Cc1ccc(-n2ncc(=O)n(CC(N)=O)c2=O)cc1C(=O)NCC1(O)CCCCCCC1. The first kappa shape index (κ1) is 23.4. The Bertz CT molecular complexity index is 1110. The second-order valence-corrected chi connectivity index (χ2v) is 8.40. The van der Waals surface area contributed by atoms with E-state index >= 15 is 0 Å². The number of aryl methyl sites for hydroxylation is 1. The Morgan fingerprint density at radius 1 is 1.16 bits per heavy atom. The van der Waals surface area contributed by atoms with Crippen molar-refractivity contribution >= 4 is 11.8 Å². The highest BCUT2D eigenvalue weighted by Crippen LogP contribution is 2.26. The molecular formula is C22H29N5O5. The average Bonchev–Trinajstić information content (AvgIpc) is 2.73. The minimum Gasteiger partial charge on any atom is -0.388 e. The minimum atomic E-state index is -0.926. The van der Waals surface area contributed by atoms with Crippen molar-refractivity contribution in [3.05, 3.63) is 56.4 Å². The van der Waals surface area contributed by atoms with Crippen molar-refractivity contribution in [2.45, 2.75) is 64.0 Å². The number of nitrogens with two attached hydrogens (primary N) is 1. The lowest BCUT2D eigenvalue weighted by molar-refractivity contribution is -0.118. The van der Waals surface area contributed by atoms with Gasteiger partial charge in [0.05, 0.1) is 11.3 Å². The number of hydrogen-bond donors (Lipinski definition) is 3. The number of primary amides is 1. The zero-order valence-corrected chi connectivity index (χ0v) is 18.2. The number of aliphatic hydroxyl groups is 1. The highest BCUT2D eigenvalue weighted by atomic mass is 16.3. The average molecular weight is 444 g/mol. The van der Waals surface area contributed by atoms with Crippen LogP contribution in [0, 0.1) is 6.92 Å². The molecule has 4 N–H and O–H groups in total. The molecule has 1 aromatic heterocycles. The highest BCUT2D eigenvalue weighted by Gasteiger charge is 2.28. The molecule has 32 heavy (non-hydrogen) atoms. The third-order valence-corrected chi connectivity index (χ3v) is 5.85. The molecule has 1 aliphatic rings. The molecule has 0 saturated heterocycles. The van der Waals surface area contributed by atoms with Crippen molar-refractivity contribution in [3.8, 4) is 5.69 Å². The number of aromatic nitrogens is 3.